The number of aromatic nitrogens is 1. The zero-order valence-corrected chi connectivity index (χ0v) is 13.4. The van der Waals surface area contributed by atoms with E-state index in [9.17, 15) is 18.0 Å². The number of carbonyl (C=O) groups excluding carboxylic acids is 1. The Bertz CT molecular complexity index is 624. The van der Waals surface area contributed by atoms with Crippen molar-refractivity contribution >= 4 is 33.2 Å². The van der Waals surface area contributed by atoms with Gasteiger partial charge in [0.15, 0.2) is 9.90 Å². The molecule has 0 spiro atoms. The number of sulfonamides is 1. The summed E-state index contributed by atoms with van der Waals surface area (Å²) in [6.45, 7) is 3.69. The van der Waals surface area contributed by atoms with Gasteiger partial charge in [0.25, 0.3) is 10.0 Å². The van der Waals surface area contributed by atoms with E-state index >= 15 is 0 Å². The Kier molecular flexibility index (Phi) is 5.81. The highest BCUT2D eigenvalue weighted by Gasteiger charge is 2.30. The smallest absolute Gasteiger partial charge is 0.356 e. The van der Waals surface area contributed by atoms with Crippen LogP contribution in [0.5, 0.6) is 0 Å². The molecule has 0 radical (unpaired) electrons. The molecule has 3 N–H and O–H groups in total. The zero-order valence-electron chi connectivity index (χ0n) is 11.8. The fourth-order valence-corrected chi connectivity index (χ4v) is 4.03. The van der Waals surface area contributed by atoms with E-state index in [2.05, 4.69) is 15.0 Å². The van der Waals surface area contributed by atoms with E-state index in [1.54, 1.807) is 0 Å². The molecule has 0 aromatic carbocycles. The molecule has 0 aliphatic rings. The average Bonchev–Trinajstić information content (AvgIpc) is 2.86. The number of thiazole rings is 1. The van der Waals surface area contributed by atoms with Crippen LogP contribution in [0.25, 0.3) is 0 Å². The highest BCUT2D eigenvalue weighted by Crippen LogP contribution is 2.21. The van der Waals surface area contributed by atoms with Gasteiger partial charge in [-0.1, -0.05) is 13.8 Å². The molecule has 1 atom stereocenters. The molecule has 1 aromatic heterocycles. The minimum Gasteiger partial charge on any atom is -0.476 e. The molecular formula is C11H17N3O5S2. The summed E-state index contributed by atoms with van der Waals surface area (Å²) < 4.78 is 26.3. The van der Waals surface area contributed by atoms with E-state index in [4.69, 9.17) is 5.11 Å². The summed E-state index contributed by atoms with van der Waals surface area (Å²) in [5.41, 5.74) is 0.586. The number of carboxylic acids is 1. The van der Waals surface area contributed by atoms with E-state index in [1.807, 2.05) is 13.8 Å². The lowest BCUT2D eigenvalue weighted by Gasteiger charge is -2.18. The summed E-state index contributed by atoms with van der Waals surface area (Å²) in [5.74, 6) is -1.83. The van der Waals surface area contributed by atoms with Crippen molar-refractivity contribution in [2.24, 2.45) is 5.92 Å². The predicted octanol–water partition coefficient (Wildman–Crippen LogP) is 0.280. The highest BCUT2D eigenvalue weighted by atomic mass is 32.2. The Morgan fingerprint density at radius 2 is 2.05 bits per heavy atom. The van der Waals surface area contributed by atoms with Crippen LogP contribution in [-0.2, 0) is 14.8 Å². The van der Waals surface area contributed by atoms with E-state index in [0.717, 1.165) is 5.51 Å². The maximum atomic E-state index is 12.2. The van der Waals surface area contributed by atoms with Crippen molar-refractivity contribution in [2.75, 3.05) is 7.05 Å². The van der Waals surface area contributed by atoms with E-state index in [0.29, 0.717) is 17.8 Å². The molecule has 118 valence electrons. The van der Waals surface area contributed by atoms with Crippen molar-refractivity contribution in [1.29, 1.82) is 0 Å². The Morgan fingerprint density at radius 1 is 1.43 bits per heavy atom. The topological polar surface area (TPSA) is 125 Å². The number of aromatic carboxylic acids is 1. The largest absolute Gasteiger partial charge is 0.476 e. The predicted molar refractivity (Wildman–Crippen MR) is 76.7 cm³/mol. The Balaban J connectivity index is 3.08. The summed E-state index contributed by atoms with van der Waals surface area (Å²) in [6, 6.07) is -0.969. The first-order valence-electron chi connectivity index (χ1n) is 6.09. The van der Waals surface area contributed by atoms with Gasteiger partial charge in [-0.15, -0.1) is 11.3 Å². The van der Waals surface area contributed by atoms with Crippen LogP contribution < -0.4 is 10.0 Å². The van der Waals surface area contributed by atoms with Crippen LogP contribution in [0.15, 0.2) is 9.72 Å². The number of nitrogens with zero attached hydrogens (tertiary/aromatic N) is 1. The third-order valence-corrected chi connectivity index (χ3v) is 5.39. The van der Waals surface area contributed by atoms with E-state index < -0.39 is 37.8 Å². The summed E-state index contributed by atoms with van der Waals surface area (Å²) in [5, 5.41) is 11.3. The monoisotopic (exact) mass is 335 g/mol. The molecule has 1 heterocycles. The van der Waals surface area contributed by atoms with Crippen LogP contribution in [0.1, 0.15) is 30.8 Å². The third-order valence-electron chi connectivity index (χ3n) is 2.55. The summed E-state index contributed by atoms with van der Waals surface area (Å²) in [6.07, 6.45) is 0.292. The van der Waals surface area contributed by atoms with Gasteiger partial charge in [-0.3, -0.25) is 4.79 Å². The third kappa shape index (κ3) is 4.48. The van der Waals surface area contributed by atoms with Crippen molar-refractivity contribution in [2.45, 2.75) is 30.5 Å². The maximum absolute atomic E-state index is 12.2. The van der Waals surface area contributed by atoms with Crippen LogP contribution in [0.2, 0.25) is 0 Å². The van der Waals surface area contributed by atoms with Crippen molar-refractivity contribution in [3.63, 3.8) is 0 Å². The molecule has 1 unspecified atom stereocenters. The second-order valence-corrected chi connectivity index (χ2v) is 7.48. The molecule has 0 bridgehead atoms. The van der Waals surface area contributed by atoms with Crippen molar-refractivity contribution in [3.8, 4) is 0 Å². The quantitative estimate of drug-likeness (QED) is 0.657. The van der Waals surface area contributed by atoms with Crippen LogP contribution in [0.4, 0.5) is 0 Å². The normalized spacial score (nSPS) is 13.1. The Labute approximate surface area is 126 Å². The van der Waals surface area contributed by atoms with Gasteiger partial charge < -0.3 is 10.4 Å². The number of likely N-dealkylation sites (N-methyl/N-ethyl adjacent to an activating group) is 1. The number of rotatable bonds is 7. The fourth-order valence-electron chi connectivity index (χ4n) is 1.66. The molecule has 0 saturated heterocycles. The lowest BCUT2D eigenvalue weighted by atomic mass is 10.0. The number of hydrogen-bond acceptors (Lipinski definition) is 6. The molecule has 1 aromatic rings. The lowest BCUT2D eigenvalue weighted by molar-refractivity contribution is -0.122. The van der Waals surface area contributed by atoms with Gasteiger partial charge in [0.1, 0.15) is 6.04 Å². The first kappa shape index (κ1) is 17.5. The molecule has 8 nitrogen and oxygen atoms in total. The number of carbonyl (C=O) groups is 2. The molecular weight excluding hydrogens is 318 g/mol. The molecule has 1 rings (SSSR count). The van der Waals surface area contributed by atoms with Crippen LogP contribution in [-0.4, -0.2) is 43.5 Å². The minimum atomic E-state index is -4.13. The first-order chi connectivity index (χ1) is 9.69. The number of carboxylic acid groups (broad SMARTS) is 1. The van der Waals surface area contributed by atoms with Crippen molar-refractivity contribution in [1.82, 2.24) is 15.0 Å². The van der Waals surface area contributed by atoms with E-state index in [1.165, 1.54) is 7.05 Å². The van der Waals surface area contributed by atoms with Gasteiger partial charge in [0.05, 0.1) is 5.51 Å². The maximum Gasteiger partial charge on any atom is 0.356 e. The Morgan fingerprint density at radius 3 is 2.52 bits per heavy atom. The van der Waals surface area contributed by atoms with Crippen LogP contribution in [0.3, 0.4) is 0 Å². The standard InChI is InChI=1S/C11H17N3O5S2/c1-6(2)4-7(9(15)12-3)14-21(18,19)11-8(10(16)17)13-5-20-11/h5-7,14H,4H2,1-3H3,(H,12,15)(H,16,17). The molecule has 21 heavy (non-hydrogen) atoms. The van der Waals surface area contributed by atoms with Gasteiger partial charge in [-0.2, -0.15) is 4.72 Å². The average molecular weight is 335 g/mol. The molecule has 0 fully saturated rings. The first-order valence-corrected chi connectivity index (χ1v) is 8.46. The van der Waals surface area contributed by atoms with Gasteiger partial charge >= 0.3 is 5.97 Å². The van der Waals surface area contributed by atoms with Crippen molar-refractivity contribution in [3.05, 3.63) is 11.2 Å². The van der Waals surface area contributed by atoms with Gasteiger partial charge in [0, 0.05) is 7.05 Å². The van der Waals surface area contributed by atoms with E-state index in [-0.39, 0.29) is 5.92 Å². The van der Waals surface area contributed by atoms with Crippen LogP contribution in [0, 0.1) is 5.92 Å². The Hall–Kier alpha value is -1.52. The SMILES string of the molecule is CNC(=O)C(CC(C)C)NS(=O)(=O)c1scnc1C(=O)O. The molecule has 0 aliphatic heterocycles. The molecule has 0 aliphatic carbocycles. The van der Waals surface area contributed by atoms with Gasteiger partial charge in [0.2, 0.25) is 5.91 Å². The number of amides is 1. The second kappa shape index (κ2) is 6.96. The minimum absolute atomic E-state index is 0.0791. The second-order valence-electron chi connectivity index (χ2n) is 4.71. The summed E-state index contributed by atoms with van der Waals surface area (Å²) >= 11 is 0.691. The molecule has 10 heteroatoms. The summed E-state index contributed by atoms with van der Waals surface area (Å²) in [7, 11) is -2.73. The number of nitrogens with one attached hydrogen (secondary N) is 2. The fraction of sp³-hybridized carbons (Fsp3) is 0.545. The number of hydrogen-bond donors (Lipinski definition) is 3. The lowest BCUT2D eigenvalue weighted by Crippen LogP contribution is -2.46. The highest BCUT2D eigenvalue weighted by molar-refractivity contribution is 7.91. The van der Waals surface area contributed by atoms with Gasteiger partial charge in [-0.05, 0) is 12.3 Å². The summed E-state index contributed by atoms with van der Waals surface area (Å²) in [4.78, 5) is 26.2. The zero-order chi connectivity index (χ0) is 16.2. The molecule has 0 saturated carbocycles. The van der Waals surface area contributed by atoms with Gasteiger partial charge in [-0.25, -0.2) is 18.2 Å². The van der Waals surface area contributed by atoms with Crippen LogP contribution >= 0.6 is 11.3 Å². The van der Waals surface area contributed by atoms with Crippen molar-refractivity contribution < 1.29 is 23.1 Å². The molecule has 1 amide bonds.